The first-order valence-electron chi connectivity index (χ1n) is 8.45. The van der Waals surface area contributed by atoms with Crippen LogP contribution < -0.4 is 0 Å². The third-order valence-corrected chi connectivity index (χ3v) is 5.57. The van der Waals surface area contributed by atoms with Crippen LogP contribution in [0.3, 0.4) is 0 Å². The first-order chi connectivity index (χ1) is 12.1. The normalized spacial score (nSPS) is 27.9. The van der Waals surface area contributed by atoms with Crippen molar-refractivity contribution in [1.29, 1.82) is 0 Å². The molecule has 2 aromatic heterocycles. The van der Waals surface area contributed by atoms with Gasteiger partial charge in [-0.25, -0.2) is 0 Å². The maximum atomic E-state index is 12.5. The van der Waals surface area contributed by atoms with Crippen LogP contribution >= 0.6 is 0 Å². The molecule has 3 saturated carbocycles. The van der Waals surface area contributed by atoms with E-state index in [0.717, 1.165) is 25.2 Å². The Hall–Kier alpha value is -2.84. The molecule has 2 aromatic rings. The van der Waals surface area contributed by atoms with Gasteiger partial charge in [0.25, 0.3) is 0 Å². The molecule has 2 amide bonds. The predicted octanol–water partition coefficient (Wildman–Crippen LogP) is -0.219. The van der Waals surface area contributed by atoms with Gasteiger partial charge in [-0.05, 0) is 37.3 Å². The number of amides is 2. The van der Waals surface area contributed by atoms with E-state index in [2.05, 4.69) is 20.4 Å². The Morgan fingerprint density at radius 2 is 1.76 bits per heavy atom. The number of piperazine rings is 1. The van der Waals surface area contributed by atoms with E-state index in [1.807, 2.05) is 4.90 Å². The van der Waals surface area contributed by atoms with Crippen molar-refractivity contribution in [2.45, 2.75) is 31.3 Å². The zero-order valence-corrected chi connectivity index (χ0v) is 13.6. The third kappa shape index (κ3) is 2.15. The summed E-state index contributed by atoms with van der Waals surface area (Å²) in [5.74, 6) is 0.480. The highest BCUT2D eigenvalue weighted by Gasteiger charge is 2.62. The molecular weight excluding hydrogens is 322 g/mol. The van der Waals surface area contributed by atoms with Crippen LogP contribution in [0.25, 0.3) is 5.82 Å². The molecule has 2 bridgehead atoms. The van der Waals surface area contributed by atoms with Crippen LogP contribution in [0.15, 0.2) is 24.5 Å². The molecule has 4 fully saturated rings. The summed E-state index contributed by atoms with van der Waals surface area (Å²) in [4.78, 5) is 29.7. The topological polar surface area (TPSA) is 97.1 Å². The Morgan fingerprint density at radius 3 is 2.36 bits per heavy atom. The molecule has 128 valence electrons. The maximum absolute atomic E-state index is 12.5. The Bertz CT molecular complexity index is 816. The summed E-state index contributed by atoms with van der Waals surface area (Å²) in [6.45, 7) is 1.44. The van der Waals surface area contributed by atoms with Crippen LogP contribution in [0.4, 0.5) is 0 Å². The third-order valence-electron chi connectivity index (χ3n) is 5.57. The lowest BCUT2D eigenvalue weighted by Gasteiger charge is -2.66. The van der Waals surface area contributed by atoms with Gasteiger partial charge in [0.1, 0.15) is 0 Å². The molecule has 4 aliphatic rings. The van der Waals surface area contributed by atoms with E-state index < -0.39 is 5.91 Å². The molecule has 0 radical (unpaired) electrons. The summed E-state index contributed by atoms with van der Waals surface area (Å²) in [5.41, 5.74) is 0.637. The van der Waals surface area contributed by atoms with Crippen molar-refractivity contribution >= 4 is 11.8 Å². The van der Waals surface area contributed by atoms with Crippen molar-refractivity contribution in [1.82, 2.24) is 35.0 Å². The quantitative estimate of drug-likeness (QED) is 0.715. The van der Waals surface area contributed by atoms with E-state index in [-0.39, 0.29) is 18.0 Å². The summed E-state index contributed by atoms with van der Waals surface area (Å²) >= 11 is 0. The standard InChI is InChI=1S/C16H17N7O2/c24-14-15(25)22(16-7-11(8-16)9-16)6-5-21(14)10-12-1-2-13(20-19-12)23-17-3-4-18-23/h1-4,11H,5-10H2. The molecule has 25 heavy (non-hydrogen) atoms. The number of hydrogen-bond donors (Lipinski definition) is 0. The van der Waals surface area contributed by atoms with E-state index in [4.69, 9.17) is 0 Å². The van der Waals surface area contributed by atoms with E-state index >= 15 is 0 Å². The molecule has 0 atom stereocenters. The second kappa shape index (κ2) is 5.08. The lowest BCUT2D eigenvalue weighted by Crippen LogP contribution is -2.73. The van der Waals surface area contributed by atoms with E-state index in [0.29, 0.717) is 24.6 Å². The summed E-state index contributed by atoms with van der Waals surface area (Å²) in [7, 11) is 0. The lowest BCUT2D eigenvalue weighted by molar-refractivity contribution is -0.186. The molecule has 0 spiro atoms. The van der Waals surface area contributed by atoms with Crippen LogP contribution in [-0.4, -0.2) is 65.4 Å². The molecule has 3 aliphatic carbocycles. The maximum Gasteiger partial charge on any atom is 0.312 e. The van der Waals surface area contributed by atoms with Gasteiger partial charge in [0.2, 0.25) is 0 Å². The Morgan fingerprint density at radius 1 is 1.00 bits per heavy atom. The molecule has 0 unspecified atom stereocenters. The number of aromatic nitrogens is 5. The summed E-state index contributed by atoms with van der Waals surface area (Å²) in [5, 5.41) is 16.2. The van der Waals surface area contributed by atoms with E-state index in [1.54, 1.807) is 29.4 Å². The van der Waals surface area contributed by atoms with Crippen molar-refractivity contribution in [3.05, 3.63) is 30.2 Å². The fourth-order valence-electron chi connectivity index (χ4n) is 4.11. The average molecular weight is 339 g/mol. The second-order valence-corrected chi connectivity index (χ2v) is 7.09. The SMILES string of the molecule is O=C1C(=O)N(C23CC(C2)C3)CCN1Cc1ccc(-n2nccn2)nn1. The van der Waals surface area contributed by atoms with Crippen LogP contribution in [0.5, 0.6) is 0 Å². The molecular formula is C16H17N7O2. The zero-order chi connectivity index (χ0) is 17.0. The molecule has 1 aliphatic heterocycles. The minimum Gasteiger partial charge on any atom is -0.327 e. The van der Waals surface area contributed by atoms with Gasteiger partial charge < -0.3 is 9.80 Å². The Balaban J connectivity index is 1.27. The average Bonchev–Trinajstić information content (AvgIpc) is 3.07. The van der Waals surface area contributed by atoms with Gasteiger partial charge in [-0.2, -0.15) is 15.3 Å². The fraction of sp³-hybridized carbons (Fsp3) is 0.500. The molecule has 6 rings (SSSR count). The van der Waals surface area contributed by atoms with Crippen molar-refractivity contribution in [2.24, 2.45) is 5.92 Å². The molecule has 0 aromatic carbocycles. The van der Waals surface area contributed by atoms with Crippen molar-refractivity contribution in [3.63, 3.8) is 0 Å². The van der Waals surface area contributed by atoms with E-state index in [1.165, 1.54) is 4.80 Å². The van der Waals surface area contributed by atoms with Crippen LogP contribution in [0, 0.1) is 5.92 Å². The van der Waals surface area contributed by atoms with Crippen LogP contribution in [-0.2, 0) is 16.1 Å². The van der Waals surface area contributed by atoms with Gasteiger partial charge in [0.15, 0.2) is 5.82 Å². The van der Waals surface area contributed by atoms with Crippen molar-refractivity contribution < 1.29 is 9.59 Å². The smallest absolute Gasteiger partial charge is 0.312 e. The highest BCUT2D eigenvalue weighted by atomic mass is 16.2. The number of carbonyl (C=O) groups is 2. The van der Waals surface area contributed by atoms with Crippen LogP contribution in [0.2, 0.25) is 0 Å². The molecule has 0 N–H and O–H groups in total. The molecule has 1 saturated heterocycles. The van der Waals surface area contributed by atoms with Crippen LogP contribution in [0.1, 0.15) is 25.0 Å². The van der Waals surface area contributed by atoms with Crippen molar-refractivity contribution in [2.75, 3.05) is 13.1 Å². The first kappa shape index (κ1) is 14.5. The van der Waals surface area contributed by atoms with Gasteiger partial charge in [-0.1, -0.05) is 0 Å². The predicted molar refractivity (Wildman–Crippen MR) is 84.2 cm³/mol. The number of carbonyl (C=O) groups excluding carboxylic acids is 2. The van der Waals surface area contributed by atoms with Gasteiger partial charge in [0.05, 0.1) is 24.6 Å². The number of nitrogens with zero attached hydrogens (tertiary/aromatic N) is 7. The summed E-state index contributed by atoms with van der Waals surface area (Å²) in [6.07, 6.45) is 6.33. The monoisotopic (exact) mass is 339 g/mol. The van der Waals surface area contributed by atoms with Gasteiger partial charge >= 0.3 is 11.8 Å². The number of rotatable bonds is 4. The highest BCUT2D eigenvalue weighted by Crippen LogP contribution is 2.60. The Labute approximate surface area is 143 Å². The molecule has 9 nitrogen and oxygen atoms in total. The summed E-state index contributed by atoms with van der Waals surface area (Å²) in [6, 6.07) is 3.52. The molecule has 3 heterocycles. The fourth-order valence-corrected chi connectivity index (χ4v) is 4.11. The minimum atomic E-state index is -0.435. The summed E-state index contributed by atoms with van der Waals surface area (Å²) < 4.78 is 0. The number of hydrogen-bond acceptors (Lipinski definition) is 6. The zero-order valence-electron chi connectivity index (χ0n) is 13.6. The largest absolute Gasteiger partial charge is 0.327 e. The van der Waals surface area contributed by atoms with Gasteiger partial charge in [-0.15, -0.1) is 9.90 Å². The Kier molecular flexibility index (Phi) is 2.94. The minimum absolute atomic E-state index is 0.00170. The van der Waals surface area contributed by atoms with Crippen molar-refractivity contribution in [3.8, 4) is 5.82 Å². The van der Waals surface area contributed by atoms with Gasteiger partial charge in [0, 0.05) is 18.6 Å². The first-order valence-corrected chi connectivity index (χ1v) is 8.45. The van der Waals surface area contributed by atoms with E-state index in [9.17, 15) is 9.59 Å². The van der Waals surface area contributed by atoms with Gasteiger partial charge in [-0.3, -0.25) is 9.59 Å². The molecule has 9 heteroatoms. The lowest BCUT2D eigenvalue weighted by atomic mass is 9.49. The second-order valence-electron chi connectivity index (χ2n) is 7.09. The highest BCUT2D eigenvalue weighted by molar-refractivity contribution is 6.35.